The van der Waals surface area contributed by atoms with Crippen LogP contribution in [0, 0.1) is 33.8 Å². The average Bonchev–Trinajstić information content (AvgIpc) is 3.56. The largest absolute Gasteiger partial charge is 0.508 e. The van der Waals surface area contributed by atoms with E-state index < -0.39 is 63.6 Å². The molecule has 4 aromatic rings. The zero-order valence-electron chi connectivity index (χ0n) is 29.3. The van der Waals surface area contributed by atoms with E-state index >= 15 is 4.79 Å². The summed E-state index contributed by atoms with van der Waals surface area (Å²) >= 11 is 12.7. The first kappa shape index (κ1) is 36.1. The molecule has 55 heavy (non-hydrogen) atoms. The Morgan fingerprint density at radius 2 is 1.60 bits per heavy atom. The van der Waals surface area contributed by atoms with Crippen LogP contribution in [0.1, 0.15) is 29.9 Å². The van der Waals surface area contributed by atoms with E-state index in [1.807, 2.05) is 6.08 Å². The van der Waals surface area contributed by atoms with Crippen LogP contribution in [0.2, 0.25) is 10.0 Å². The lowest BCUT2D eigenvalue weighted by Crippen LogP contribution is -2.53. The van der Waals surface area contributed by atoms with Gasteiger partial charge in [0.1, 0.15) is 17.2 Å². The number of hydrogen-bond acceptors (Lipinski definition) is 10. The summed E-state index contributed by atoms with van der Waals surface area (Å²) in [5.74, 6) is -6.42. The van der Waals surface area contributed by atoms with E-state index in [0.717, 1.165) is 9.91 Å². The molecule has 0 bridgehead atoms. The summed E-state index contributed by atoms with van der Waals surface area (Å²) in [7, 11) is 2.95. The van der Waals surface area contributed by atoms with Gasteiger partial charge in [-0.1, -0.05) is 59.1 Å². The van der Waals surface area contributed by atoms with Gasteiger partial charge in [0.15, 0.2) is 0 Å². The number of phenols is 1. The highest BCUT2D eigenvalue weighted by molar-refractivity contribution is 6.36. The van der Waals surface area contributed by atoms with Gasteiger partial charge in [-0.25, -0.2) is 4.90 Å². The molecular weight excluding hydrogens is 751 g/mol. The number of nitro benzene ring substituents is 1. The monoisotopic (exact) mass is 782 g/mol. The van der Waals surface area contributed by atoms with Crippen LogP contribution >= 0.6 is 23.2 Å². The molecule has 4 aliphatic rings. The molecule has 2 heterocycles. The number of anilines is 2. The number of rotatable bonds is 8. The van der Waals surface area contributed by atoms with Crippen LogP contribution in [-0.4, -0.2) is 52.9 Å². The van der Waals surface area contributed by atoms with E-state index in [2.05, 4.69) is 5.43 Å². The van der Waals surface area contributed by atoms with Crippen molar-refractivity contribution in [1.29, 1.82) is 0 Å². The predicted octanol–water partition coefficient (Wildman–Crippen LogP) is 6.81. The van der Waals surface area contributed by atoms with Crippen molar-refractivity contribution in [2.75, 3.05) is 24.5 Å². The van der Waals surface area contributed by atoms with E-state index in [0.29, 0.717) is 33.2 Å². The predicted molar refractivity (Wildman–Crippen MR) is 201 cm³/mol. The summed E-state index contributed by atoms with van der Waals surface area (Å²) in [5.41, 5.74) is 2.62. The highest BCUT2D eigenvalue weighted by Crippen LogP contribution is 2.65. The quantitative estimate of drug-likeness (QED) is 0.0838. The first-order chi connectivity index (χ1) is 26.4. The SMILES string of the molecule is COc1ccc([C@@]23C(=O)N(Nc4ccc(Cl)cc4Cl)C(=O)[C@@H]2C[C@@H]2C(=CC[C@@H]4C(=O)N(c5cccc([N+](=O)[O-])c5)C(=O)[C@@H]42)[C@@H]3c2ccc(OC)cc2O)cc1. The molecule has 2 saturated heterocycles. The molecule has 2 aliphatic carbocycles. The second-order valence-corrected chi connectivity index (χ2v) is 14.8. The number of methoxy groups -OCH3 is 2. The Morgan fingerprint density at radius 3 is 2.27 bits per heavy atom. The van der Waals surface area contributed by atoms with E-state index in [9.17, 15) is 29.6 Å². The lowest BCUT2D eigenvalue weighted by molar-refractivity contribution is -0.384. The van der Waals surface area contributed by atoms with Crippen molar-refractivity contribution >= 4 is 63.9 Å². The van der Waals surface area contributed by atoms with E-state index in [-0.39, 0.29) is 40.7 Å². The van der Waals surface area contributed by atoms with Gasteiger partial charge < -0.3 is 14.6 Å². The van der Waals surface area contributed by atoms with E-state index in [1.165, 1.54) is 56.7 Å². The maximum atomic E-state index is 15.4. The first-order valence-corrected chi connectivity index (χ1v) is 18.1. The van der Waals surface area contributed by atoms with Gasteiger partial charge in [0.2, 0.25) is 11.8 Å². The summed E-state index contributed by atoms with van der Waals surface area (Å²) in [6.07, 6.45) is 1.92. The molecule has 0 unspecified atom stereocenters. The lowest BCUT2D eigenvalue weighted by Gasteiger charge is -2.50. The average molecular weight is 784 g/mol. The molecule has 0 aromatic heterocycles. The molecule has 0 radical (unpaired) electrons. The van der Waals surface area contributed by atoms with Crippen LogP contribution in [0.4, 0.5) is 17.1 Å². The number of halogens is 2. The van der Waals surface area contributed by atoms with Crippen molar-refractivity contribution in [2.24, 2.45) is 23.7 Å². The number of benzene rings is 4. The Morgan fingerprint density at radius 1 is 0.873 bits per heavy atom. The minimum Gasteiger partial charge on any atom is -0.508 e. The van der Waals surface area contributed by atoms with E-state index in [1.54, 1.807) is 42.5 Å². The number of nitrogens with zero attached hydrogens (tertiary/aromatic N) is 3. The fourth-order valence-electron chi connectivity index (χ4n) is 9.08. The van der Waals surface area contributed by atoms with Gasteiger partial charge in [0, 0.05) is 34.7 Å². The standard InChI is InChI=1S/C40H32Cl2N4O9/c1-54-24-9-6-20(7-10-24)40-30(37(49)45(39(40)51)43-32-15-8-21(41)16-31(32)42)19-29-26(35(40)27-12-11-25(55-2)18-33(27)47)13-14-28-34(29)38(50)44(36(28)48)22-4-3-5-23(17-22)46(52)53/h3-13,15-18,28-30,34-35,43,47H,14,19H2,1-2H3/t28-,29+,30-,34-,35+,40+/m0/s1. The fraction of sp³-hybridized carbons (Fsp3) is 0.250. The van der Waals surface area contributed by atoms with Crippen molar-refractivity contribution in [3.8, 4) is 17.2 Å². The molecule has 6 atom stereocenters. The van der Waals surface area contributed by atoms with Gasteiger partial charge in [-0.05, 0) is 66.8 Å². The summed E-state index contributed by atoms with van der Waals surface area (Å²) in [4.78, 5) is 70.9. The Balaban J connectivity index is 1.33. The number of hydrogen-bond donors (Lipinski definition) is 2. The van der Waals surface area contributed by atoms with Crippen molar-refractivity contribution in [3.05, 3.63) is 128 Å². The van der Waals surface area contributed by atoms with Gasteiger partial charge in [-0.15, -0.1) is 0 Å². The van der Waals surface area contributed by atoms with Crippen LogP contribution in [0.3, 0.4) is 0 Å². The maximum absolute atomic E-state index is 15.4. The topological polar surface area (TPSA) is 169 Å². The number of aromatic hydroxyl groups is 1. The number of hydrazine groups is 1. The number of non-ortho nitro benzene ring substituents is 1. The molecule has 13 nitrogen and oxygen atoms in total. The van der Waals surface area contributed by atoms with Crippen LogP contribution < -0.4 is 19.8 Å². The van der Waals surface area contributed by atoms with Crippen LogP contribution in [0.25, 0.3) is 0 Å². The molecule has 4 amide bonds. The maximum Gasteiger partial charge on any atom is 0.271 e. The van der Waals surface area contributed by atoms with Gasteiger partial charge in [-0.3, -0.25) is 34.7 Å². The lowest BCUT2D eigenvalue weighted by atomic mass is 9.49. The number of carbonyl (C=O) groups is 4. The molecule has 3 fully saturated rings. The molecule has 0 spiro atoms. The normalized spacial score (nSPS) is 25.6. The van der Waals surface area contributed by atoms with Crippen molar-refractivity contribution in [2.45, 2.75) is 24.2 Å². The highest BCUT2D eigenvalue weighted by Gasteiger charge is 2.70. The molecule has 1 saturated carbocycles. The minimum atomic E-state index is -1.69. The Bertz CT molecular complexity index is 2350. The van der Waals surface area contributed by atoms with Crippen molar-refractivity contribution in [3.63, 3.8) is 0 Å². The molecule has 280 valence electrons. The van der Waals surface area contributed by atoms with Crippen LogP contribution in [0.15, 0.2) is 96.6 Å². The van der Waals surface area contributed by atoms with Gasteiger partial charge >= 0.3 is 0 Å². The summed E-state index contributed by atoms with van der Waals surface area (Å²) in [6, 6.07) is 21.4. The molecule has 4 aromatic carbocycles. The van der Waals surface area contributed by atoms with Crippen LogP contribution in [0.5, 0.6) is 17.2 Å². The third kappa shape index (κ3) is 5.43. The molecule has 15 heteroatoms. The molecule has 2 N–H and O–H groups in total. The summed E-state index contributed by atoms with van der Waals surface area (Å²) < 4.78 is 10.8. The second kappa shape index (κ2) is 13.4. The zero-order chi connectivity index (χ0) is 38.9. The minimum absolute atomic E-state index is 0.0225. The summed E-state index contributed by atoms with van der Waals surface area (Å²) in [6.45, 7) is 0. The van der Waals surface area contributed by atoms with E-state index in [4.69, 9.17) is 32.7 Å². The number of phenolic OH excluding ortho intramolecular Hbond substituents is 1. The number of imide groups is 2. The number of fused-ring (bicyclic) bond motifs is 4. The third-order valence-electron chi connectivity index (χ3n) is 11.4. The number of allylic oxidation sites excluding steroid dienone is 2. The van der Waals surface area contributed by atoms with Crippen molar-refractivity contribution in [1.82, 2.24) is 5.01 Å². The van der Waals surface area contributed by atoms with Gasteiger partial charge in [0.05, 0.1) is 58.7 Å². The highest BCUT2D eigenvalue weighted by atomic mass is 35.5. The molecule has 8 rings (SSSR count). The third-order valence-corrected chi connectivity index (χ3v) is 12.0. The number of ether oxygens (including phenoxy) is 2. The van der Waals surface area contributed by atoms with Crippen LogP contribution in [-0.2, 0) is 24.6 Å². The summed E-state index contributed by atoms with van der Waals surface area (Å²) in [5, 5.41) is 24.8. The Labute approximate surface area is 324 Å². The Hall–Kier alpha value is -5.92. The number of amides is 4. The molecule has 2 aliphatic heterocycles. The Kier molecular flexibility index (Phi) is 8.81. The smallest absolute Gasteiger partial charge is 0.271 e. The van der Waals surface area contributed by atoms with Gasteiger partial charge in [-0.2, -0.15) is 5.01 Å². The first-order valence-electron chi connectivity index (χ1n) is 17.3. The number of carbonyl (C=O) groups excluding carboxylic acids is 4. The second-order valence-electron chi connectivity index (χ2n) is 13.9. The van der Waals surface area contributed by atoms with Crippen molar-refractivity contribution < 1.29 is 38.7 Å². The number of nitrogens with one attached hydrogen (secondary N) is 1. The zero-order valence-corrected chi connectivity index (χ0v) is 30.8. The number of nitro groups is 1. The van der Waals surface area contributed by atoms with Gasteiger partial charge in [0.25, 0.3) is 17.5 Å². The molecular formula is C40H32Cl2N4O9. The fourth-order valence-corrected chi connectivity index (χ4v) is 9.53.